The summed E-state index contributed by atoms with van der Waals surface area (Å²) in [6.45, 7) is 0.824. The van der Waals surface area contributed by atoms with Crippen molar-refractivity contribution >= 4 is 17.5 Å². The number of benzene rings is 2. The van der Waals surface area contributed by atoms with Crippen LogP contribution in [-0.4, -0.2) is 39.2 Å². The molecule has 2 amide bonds. The smallest absolute Gasteiger partial charge is 0.420 e. The van der Waals surface area contributed by atoms with Gasteiger partial charge in [-0.15, -0.1) is 0 Å². The van der Waals surface area contributed by atoms with Crippen LogP contribution in [0.25, 0.3) is 16.8 Å². The summed E-state index contributed by atoms with van der Waals surface area (Å²) in [6, 6.07) is 17.7. The van der Waals surface area contributed by atoms with Crippen molar-refractivity contribution in [2.24, 2.45) is 0 Å². The van der Waals surface area contributed by atoms with Crippen LogP contribution in [0.3, 0.4) is 0 Å². The molecule has 0 bridgehead atoms. The van der Waals surface area contributed by atoms with Gasteiger partial charge in [-0.2, -0.15) is 13.2 Å². The molecule has 220 valence electrons. The summed E-state index contributed by atoms with van der Waals surface area (Å²) in [4.78, 5) is 32.7. The topological polar surface area (TPSA) is 79.9 Å². The lowest BCUT2D eigenvalue weighted by Crippen LogP contribution is -2.31. The van der Waals surface area contributed by atoms with Gasteiger partial charge in [0, 0.05) is 42.9 Å². The summed E-state index contributed by atoms with van der Waals surface area (Å²) in [6.07, 6.45) is -0.480. The van der Waals surface area contributed by atoms with Crippen LogP contribution in [0.15, 0.2) is 89.9 Å². The van der Waals surface area contributed by atoms with Crippen molar-refractivity contribution in [3.8, 4) is 11.1 Å². The van der Waals surface area contributed by atoms with Crippen LogP contribution in [0.2, 0.25) is 0 Å². The number of hydrogen-bond donors (Lipinski definition) is 1. The largest absolute Gasteiger partial charge is 0.472 e. The van der Waals surface area contributed by atoms with E-state index in [1.165, 1.54) is 46.2 Å². The third kappa shape index (κ3) is 5.88. The number of hydrogen-bond acceptors (Lipinski definition) is 4. The maximum atomic E-state index is 14.3. The predicted octanol–water partition coefficient (Wildman–Crippen LogP) is 6.24. The Labute approximate surface area is 243 Å². The van der Waals surface area contributed by atoms with Gasteiger partial charge >= 0.3 is 6.18 Å². The summed E-state index contributed by atoms with van der Waals surface area (Å²) in [5.74, 6) is -1.49. The van der Waals surface area contributed by atoms with Crippen molar-refractivity contribution < 1.29 is 31.6 Å². The molecule has 1 N–H and O–H groups in total. The zero-order chi connectivity index (χ0) is 30.1. The van der Waals surface area contributed by atoms with Crippen molar-refractivity contribution in [3.05, 3.63) is 119 Å². The Balaban J connectivity index is 1.39. The zero-order valence-electron chi connectivity index (χ0n) is 22.8. The fourth-order valence-corrected chi connectivity index (χ4v) is 5.44. The highest BCUT2D eigenvalue weighted by Gasteiger charge is 2.38. The molecule has 43 heavy (non-hydrogen) atoms. The van der Waals surface area contributed by atoms with Gasteiger partial charge in [0.05, 0.1) is 30.2 Å². The average molecular weight is 591 g/mol. The number of furan rings is 1. The molecule has 1 fully saturated rings. The van der Waals surface area contributed by atoms with E-state index in [9.17, 15) is 27.2 Å². The summed E-state index contributed by atoms with van der Waals surface area (Å²) in [5, 5.41) is 2.78. The number of amides is 2. The number of carbonyl (C=O) groups is 2. The van der Waals surface area contributed by atoms with Crippen molar-refractivity contribution in [2.75, 3.05) is 13.1 Å². The number of likely N-dealkylation sites (tertiary alicyclic amines) is 1. The number of nitrogens with zero attached hydrogens (tertiary/aromatic N) is 3. The number of halogens is 4. The predicted molar refractivity (Wildman–Crippen MR) is 150 cm³/mol. The van der Waals surface area contributed by atoms with Crippen molar-refractivity contribution in [3.63, 3.8) is 0 Å². The molecule has 1 aliphatic heterocycles. The number of alkyl halides is 3. The molecule has 0 spiro atoms. The minimum atomic E-state index is -4.79. The second-order valence-electron chi connectivity index (χ2n) is 10.5. The van der Waals surface area contributed by atoms with E-state index in [2.05, 4.69) is 10.3 Å². The molecule has 6 rings (SSSR count). The maximum Gasteiger partial charge on any atom is 0.420 e. The van der Waals surface area contributed by atoms with Crippen LogP contribution >= 0.6 is 0 Å². The van der Waals surface area contributed by atoms with Crippen molar-refractivity contribution in [1.29, 1.82) is 0 Å². The molecule has 1 unspecified atom stereocenters. The Morgan fingerprint density at radius 3 is 2.49 bits per heavy atom. The lowest BCUT2D eigenvalue weighted by Gasteiger charge is -2.17. The summed E-state index contributed by atoms with van der Waals surface area (Å²) < 4.78 is 62.7. The fourth-order valence-electron chi connectivity index (χ4n) is 5.44. The summed E-state index contributed by atoms with van der Waals surface area (Å²) in [5.41, 5.74) is 0.608. The SMILES string of the molecule is O=C(Cc1c(C(=O)N2CCC(c3ccc(F)cc3)C2)nc2c(C(F)(F)F)cc(-c3ccoc3)cn12)NCc1ccccc1. The van der Waals surface area contributed by atoms with E-state index >= 15 is 0 Å². The van der Waals surface area contributed by atoms with E-state index in [4.69, 9.17) is 4.42 Å². The first-order valence-electron chi connectivity index (χ1n) is 13.7. The van der Waals surface area contributed by atoms with Crippen molar-refractivity contribution in [2.45, 2.75) is 31.5 Å². The fraction of sp³-hybridized carbons (Fsp3) is 0.219. The summed E-state index contributed by atoms with van der Waals surface area (Å²) in [7, 11) is 0. The van der Waals surface area contributed by atoms with E-state index < -0.39 is 29.2 Å². The lowest BCUT2D eigenvalue weighted by molar-refractivity contribution is -0.136. The Morgan fingerprint density at radius 2 is 1.79 bits per heavy atom. The molecule has 3 aromatic heterocycles. The van der Waals surface area contributed by atoms with Gasteiger partial charge in [0.15, 0.2) is 5.69 Å². The Hall–Kier alpha value is -4.93. The van der Waals surface area contributed by atoms with Crippen LogP contribution in [-0.2, 0) is 23.9 Å². The third-order valence-corrected chi connectivity index (χ3v) is 7.66. The maximum absolute atomic E-state index is 14.3. The second kappa shape index (κ2) is 11.4. The number of nitrogens with one attached hydrogen (secondary N) is 1. The lowest BCUT2D eigenvalue weighted by atomic mass is 9.99. The zero-order valence-corrected chi connectivity index (χ0v) is 22.8. The summed E-state index contributed by atoms with van der Waals surface area (Å²) >= 11 is 0. The first-order valence-corrected chi connectivity index (χ1v) is 13.7. The Morgan fingerprint density at radius 1 is 1.02 bits per heavy atom. The van der Waals surface area contributed by atoms with Crippen LogP contribution in [0.1, 0.15) is 45.2 Å². The first kappa shape index (κ1) is 28.2. The van der Waals surface area contributed by atoms with E-state index in [0.29, 0.717) is 18.5 Å². The molecule has 1 atom stereocenters. The minimum absolute atomic E-state index is 0.0478. The minimum Gasteiger partial charge on any atom is -0.472 e. The van der Waals surface area contributed by atoms with E-state index in [-0.39, 0.29) is 48.2 Å². The van der Waals surface area contributed by atoms with Crippen LogP contribution in [0.4, 0.5) is 17.6 Å². The molecule has 0 radical (unpaired) electrons. The van der Waals surface area contributed by atoms with Gasteiger partial charge in [0.25, 0.3) is 5.91 Å². The molecule has 1 aliphatic rings. The van der Waals surface area contributed by atoms with Crippen molar-refractivity contribution in [1.82, 2.24) is 19.6 Å². The highest BCUT2D eigenvalue weighted by atomic mass is 19.4. The monoisotopic (exact) mass is 590 g/mol. The van der Waals surface area contributed by atoms with Gasteiger partial charge in [-0.25, -0.2) is 9.37 Å². The number of imidazole rings is 1. The van der Waals surface area contributed by atoms with Gasteiger partial charge in [0.2, 0.25) is 5.91 Å². The Kier molecular flexibility index (Phi) is 7.47. The molecule has 2 aromatic carbocycles. The standard InChI is InChI=1S/C32H26F4N4O3/c33-25-8-6-21(7-9-25)22-10-12-39(17-22)31(42)29-27(15-28(41)37-16-20-4-2-1-3-5-20)40-18-24(23-11-13-43-19-23)14-26(30(40)38-29)32(34,35)36/h1-9,11,13-14,18-19,22H,10,12,15-17H2,(H,37,41). The highest BCUT2D eigenvalue weighted by Crippen LogP contribution is 2.37. The van der Waals surface area contributed by atoms with Crippen LogP contribution in [0.5, 0.6) is 0 Å². The first-order chi connectivity index (χ1) is 20.7. The molecule has 1 saturated heterocycles. The highest BCUT2D eigenvalue weighted by molar-refractivity contribution is 5.96. The number of pyridine rings is 1. The molecular formula is C32H26F4N4O3. The van der Waals surface area contributed by atoms with Crippen LogP contribution < -0.4 is 5.32 Å². The number of carbonyl (C=O) groups excluding carboxylic acids is 2. The molecular weight excluding hydrogens is 564 g/mol. The molecule has 7 nitrogen and oxygen atoms in total. The average Bonchev–Trinajstić information content (AvgIpc) is 3.77. The number of aromatic nitrogens is 2. The number of rotatable bonds is 7. The third-order valence-electron chi connectivity index (χ3n) is 7.66. The normalized spacial score (nSPS) is 15.3. The van der Waals surface area contributed by atoms with Gasteiger partial charge in [0.1, 0.15) is 11.5 Å². The van der Waals surface area contributed by atoms with Gasteiger partial charge in [-0.3, -0.25) is 9.59 Å². The molecule has 5 aromatic rings. The van der Waals surface area contributed by atoms with E-state index in [1.807, 2.05) is 30.3 Å². The van der Waals surface area contributed by atoms with Gasteiger partial charge in [-0.05, 0) is 41.8 Å². The molecule has 0 aliphatic carbocycles. The van der Waals surface area contributed by atoms with Gasteiger partial charge < -0.3 is 19.0 Å². The van der Waals surface area contributed by atoms with Gasteiger partial charge in [-0.1, -0.05) is 42.5 Å². The number of fused-ring (bicyclic) bond motifs is 1. The molecule has 4 heterocycles. The quantitative estimate of drug-likeness (QED) is 0.228. The molecule has 0 saturated carbocycles. The second-order valence-corrected chi connectivity index (χ2v) is 10.5. The van der Waals surface area contributed by atoms with E-state index in [1.54, 1.807) is 12.1 Å². The van der Waals surface area contributed by atoms with E-state index in [0.717, 1.165) is 17.2 Å². The van der Waals surface area contributed by atoms with Crippen LogP contribution in [0, 0.1) is 5.82 Å². The Bertz CT molecular complexity index is 1760. The molecule has 11 heteroatoms.